The summed E-state index contributed by atoms with van der Waals surface area (Å²) >= 11 is 5.73. The molecular formula is C11H13ClN2O6S. The van der Waals surface area contributed by atoms with E-state index in [1.807, 2.05) is 4.72 Å². The van der Waals surface area contributed by atoms with Crippen molar-refractivity contribution in [2.24, 2.45) is 5.92 Å². The van der Waals surface area contributed by atoms with Gasteiger partial charge in [-0.3, -0.25) is 14.9 Å². The molecule has 0 saturated carbocycles. The maximum atomic E-state index is 12.2. The van der Waals surface area contributed by atoms with Crippen LogP contribution in [0.3, 0.4) is 0 Å². The molecule has 0 unspecified atom stereocenters. The highest BCUT2D eigenvalue weighted by Gasteiger charge is 2.34. The van der Waals surface area contributed by atoms with Gasteiger partial charge >= 0.3 is 5.97 Å². The van der Waals surface area contributed by atoms with Crippen molar-refractivity contribution in [3.8, 4) is 0 Å². The average Bonchev–Trinajstić information content (AvgIpc) is 2.34. The number of hydrogen-bond acceptors (Lipinski definition) is 5. The van der Waals surface area contributed by atoms with Gasteiger partial charge in [0, 0.05) is 6.07 Å². The van der Waals surface area contributed by atoms with Crippen LogP contribution in [0.25, 0.3) is 0 Å². The van der Waals surface area contributed by atoms with Gasteiger partial charge in [-0.05, 0) is 12.0 Å². The van der Waals surface area contributed by atoms with Gasteiger partial charge in [0.15, 0.2) is 4.90 Å². The van der Waals surface area contributed by atoms with Gasteiger partial charge in [-0.25, -0.2) is 8.42 Å². The Morgan fingerprint density at radius 3 is 2.43 bits per heavy atom. The second-order valence-electron chi connectivity index (χ2n) is 4.53. The first kappa shape index (κ1) is 17.3. The number of carbonyl (C=O) groups is 1. The topological polar surface area (TPSA) is 127 Å². The summed E-state index contributed by atoms with van der Waals surface area (Å²) in [4.78, 5) is 20.3. The summed E-state index contributed by atoms with van der Waals surface area (Å²) in [7, 11) is -4.46. The van der Waals surface area contributed by atoms with E-state index < -0.39 is 43.5 Å². The molecule has 116 valence electrons. The number of aliphatic carboxylic acids is 1. The number of rotatable bonds is 6. The van der Waals surface area contributed by atoms with Gasteiger partial charge in [0.25, 0.3) is 5.69 Å². The highest BCUT2D eigenvalue weighted by Crippen LogP contribution is 2.31. The molecule has 0 aliphatic heterocycles. The van der Waals surface area contributed by atoms with E-state index in [4.69, 9.17) is 16.7 Å². The molecule has 1 atom stereocenters. The Balaban J connectivity index is 3.38. The van der Waals surface area contributed by atoms with Crippen molar-refractivity contribution in [1.29, 1.82) is 0 Å². The van der Waals surface area contributed by atoms with Gasteiger partial charge < -0.3 is 5.11 Å². The van der Waals surface area contributed by atoms with E-state index in [0.717, 1.165) is 6.07 Å². The zero-order chi connectivity index (χ0) is 16.4. The molecule has 1 aromatic rings. The number of sulfonamides is 1. The third kappa shape index (κ3) is 3.90. The molecule has 10 heteroatoms. The van der Waals surface area contributed by atoms with Crippen molar-refractivity contribution in [1.82, 2.24) is 4.72 Å². The molecule has 0 saturated heterocycles. The Morgan fingerprint density at radius 1 is 1.43 bits per heavy atom. The molecule has 2 N–H and O–H groups in total. The Labute approximate surface area is 125 Å². The van der Waals surface area contributed by atoms with Gasteiger partial charge in [-0.2, -0.15) is 4.72 Å². The lowest BCUT2D eigenvalue weighted by Crippen LogP contribution is -2.44. The van der Waals surface area contributed by atoms with Crippen molar-refractivity contribution < 1.29 is 23.2 Å². The van der Waals surface area contributed by atoms with E-state index in [9.17, 15) is 23.3 Å². The maximum Gasteiger partial charge on any atom is 0.322 e. The predicted molar refractivity (Wildman–Crippen MR) is 74.7 cm³/mol. The van der Waals surface area contributed by atoms with Gasteiger partial charge in [0.1, 0.15) is 6.04 Å². The monoisotopic (exact) mass is 336 g/mol. The molecule has 0 radical (unpaired) electrons. The van der Waals surface area contributed by atoms with Crippen LogP contribution in [0.15, 0.2) is 23.1 Å². The largest absolute Gasteiger partial charge is 0.480 e. The van der Waals surface area contributed by atoms with Crippen LogP contribution in [-0.4, -0.2) is 30.5 Å². The smallest absolute Gasteiger partial charge is 0.322 e. The summed E-state index contributed by atoms with van der Waals surface area (Å²) in [6, 6.07) is 1.96. The number of benzene rings is 1. The fourth-order valence-corrected chi connectivity index (χ4v) is 3.65. The molecule has 0 heterocycles. The van der Waals surface area contributed by atoms with Gasteiger partial charge in [0.05, 0.1) is 9.95 Å². The minimum absolute atomic E-state index is 0.357. The molecule has 1 aromatic carbocycles. The number of carboxylic acids is 1. The van der Waals surface area contributed by atoms with E-state index in [1.54, 1.807) is 0 Å². The first-order chi connectivity index (χ1) is 9.58. The van der Waals surface area contributed by atoms with Gasteiger partial charge in [-0.1, -0.05) is 31.5 Å². The maximum absolute atomic E-state index is 12.2. The molecule has 0 amide bonds. The lowest BCUT2D eigenvalue weighted by Gasteiger charge is -2.18. The Morgan fingerprint density at radius 2 is 2.00 bits per heavy atom. The molecule has 1 rings (SSSR count). The normalized spacial score (nSPS) is 13.1. The fraction of sp³-hybridized carbons (Fsp3) is 0.364. The molecule has 0 aromatic heterocycles. The van der Waals surface area contributed by atoms with Crippen molar-refractivity contribution in [2.75, 3.05) is 0 Å². The van der Waals surface area contributed by atoms with Crippen LogP contribution in [0, 0.1) is 16.0 Å². The zero-order valence-corrected chi connectivity index (χ0v) is 12.7. The third-order valence-electron chi connectivity index (χ3n) is 2.63. The highest BCUT2D eigenvalue weighted by molar-refractivity contribution is 7.89. The molecule has 8 nitrogen and oxygen atoms in total. The van der Waals surface area contributed by atoms with Crippen LogP contribution < -0.4 is 4.72 Å². The lowest BCUT2D eigenvalue weighted by molar-refractivity contribution is -0.387. The standard InChI is InChI=1S/C11H13ClN2O6S/c1-6(2)9(11(15)16)13-21(19,20)10-7(12)4-3-5-8(10)14(17)18/h3-6,9,13H,1-2H3,(H,15,16)/t9-/m0/s1. The Hall–Kier alpha value is -1.71. The first-order valence-corrected chi connectivity index (χ1v) is 7.62. The zero-order valence-electron chi connectivity index (χ0n) is 11.1. The lowest BCUT2D eigenvalue weighted by atomic mass is 10.1. The summed E-state index contributed by atoms with van der Waals surface area (Å²) in [5, 5.41) is 19.6. The number of carboxylic acid groups (broad SMARTS) is 1. The van der Waals surface area contributed by atoms with Gasteiger partial charge in [-0.15, -0.1) is 0 Å². The molecule has 0 aliphatic carbocycles. The minimum atomic E-state index is -4.46. The van der Waals surface area contributed by atoms with Crippen LogP contribution in [0.5, 0.6) is 0 Å². The van der Waals surface area contributed by atoms with E-state index in [1.165, 1.54) is 26.0 Å². The quantitative estimate of drug-likeness (QED) is 0.600. The van der Waals surface area contributed by atoms with Gasteiger partial charge in [0.2, 0.25) is 10.0 Å². The number of nitrogens with zero attached hydrogens (tertiary/aromatic N) is 1. The van der Waals surface area contributed by atoms with E-state index in [-0.39, 0.29) is 5.02 Å². The van der Waals surface area contributed by atoms with Crippen LogP contribution >= 0.6 is 11.6 Å². The summed E-state index contributed by atoms with van der Waals surface area (Å²) in [5.41, 5.74) is -0.720. The second kappa shape index (κ2) is 6.37. The highest BCUT2D eigenvalue weighted by atomic mass is 35.5. The van der Waals surface area contributed by atoms with Crippen molar-refractivity contribution in [2.45, 2.75) is 24.8 Å². The average molecular weight is 337 g/mol. The predicted octanol–water partition coefficient (Wildman–Crippen LogP) is 1.64. The Kier molecular flexibility index (Phi) is 5.26. The fourth-order valence-electron chi connectivity index (χ4n) is 1.60. The van der Waals surface area contributed by atoms with E-state index in [2.05, 4.69) is 0 Å². The number of halogens is 1. The van der Waals surface area contributed by atoms with Crippen LogP contribution in [-0.2, 0) is 14.8 Å². The number of nitro groups is 1. The number of hydrogen-bond donors (Lipinski definition) is 2. The summed E-state index contributed by atoms with van der Waals surface area (Å²) in [5.74, 6) is -1.94. The van der Waals surface area contributed by atoms with Crippen LogP contribution in [0.2, 0.25) is 5.02 Å². The second-order valence-corrected chi connectivity index (χ2v) is 6.58. The van der Waals surface area contributed by atoms with Crippen molar-refractivity contribution in [3.63, 3.8) is 0 Å². The molecule has 0 fully saturated rings. The SMILES string of the molecule is CC(C)[C@H](NS(=O)(=O)c1c(Cl)cccc1[N+](=O)[O-])C(=O)O. The van der Waals surface area contributed by atoms with Crippen molar-refractivity contribution in [3.05, 3.63) is 33.3 Å². The minimum Gasteiger partial charge on any atom is -0.480 e. The molecule has 0 bridgehead atoms. The molecule has 21 heavy (non-hydrogen) atoms. The summed E-state index contributed by atoms with van der Waals surface area (Å²) in [6.45, 7) is 3.00. The first-order valence-electron chi connectivity index (χ1n) is 5.76. The van der Waals surface area contributed by atoms with Crippen LogP contribution in [0.1, 0.15) is 13.8 Å². The van der Waals surface area contributed by atoms with Crippen LogP contribution in [0.4, 0.5) is 5.69 Å². The Bertz CT molecular complexity index is 673. The number of nitrogens with one attached hydrogen (secondary N) is 1. The molecule has 0 aliphatic rings. The summed E-state index contributed by atoms with van der Waals surface area (Å²) < 4.78 is 26.4. The molecular weight excluding hydrogens is 324 g/mol. The third-order valence-corrected chi connectivity index (χ3v) is 4.58. The number of nitro benzene ring substituents is 1. The molecule has 0 spiro atoms. The van der Waals surface area contributed by atoms with Crippen molar-refractivity contribution >= 4 is 33.3 Å². The van der Waals surface area contributed by atoms with E-state index >= 15 is 0 Å². The van der Waals surface area contributed by atoms with E-state index in [0.29, 0.717) is 0 Å². The summed E-state index contributed by atoms with van der Waals surface area (Å²) in [6.07, 6.45) is 0.